The second-order valence-corrected chi connectivity index (χ2v) is 8.14. The van der Waals surface area contributed by atoms with Gasteiger partial charge in [0.2, 0.25) is 11.8 Å². The average Bonchev–Trinajstić information content (AvgIpc) is 2.56. The summed E-state index contributed by atoms with van der Waals surface area (Å²) >= 11 is 0. The van der Waals surface area contributed by atoms with Crippen LogP contribution in [0, 0.1) is 5.82 Å². The molecule has 2 amide bonds. The van der Waals surface area contributed by atoms with Gasteiger partial charge in [0, 0.05) is 20.1 Å². The molecule has 0 saturated carbocycles. The Bertz CT molecular complexity index is 695. The fourth-order valence-electron chi connectivity index (χ4n) is 2.73. The molecule has 1 aliphatic rings. The Morgan fingerprint density at radius 2 is 1.79 bits per heavy atom. The van der Waals surface area contributed by atoms with Gasteiger partial charge in [-0.2, -0.15) is 0 Å². The molecule has 6 nitrogen and oxygen atoms in total. The van der Waals surface area contributed by atoms with Gasteiger partial charge in [0.25, 0.3) is 0 Å². The van der Waals surface area contributed by atoms with Gasteiger partial charge in [-0.15, -0.1) is 0 Å². The highest BCUT2D eigenvalue weighted by Gasteiger charge is 2.32. The summed E-state index contributed by atoms with van der Waals surface area (Å²) in [4.78, 5) is 25.2. The van der Waals surface area contributed by atoms with E-state index < -0.39 is 26.7 Å². The predicted octanol–water partition coefficient (Wildman–Crippen LogP) is 0.520. The van der Waals surface area contributed by atoms with Gasteiger partial charge in [0.1, 0.15) is 11.6 Å². The summed E-state index contributed by atoms with van der Waals surface area (Å²) in [6.07, 6.45) is 0.818. The molecular weight excluding hydrogens is 335 g/mol. The van der Waals surface area contributed by atoms with Crippen LogP contribution in [0.4, 0.5) is 4.39 Å². The third kappa shape index (κ3) is 4.77. The highest BCUT2D eigenvalue weighted by molar-refractivity contribution is 7.92. The molecule has 0 aliphatic carbocycles. The molecule has 0 unspecified atom stereocenters. The number of halogens is 1. The molecule has 2 rings (SSSR count). The lowest BCUT2D eigenvalue weighted by molar-refractivity contribution is -0.131. The Balaban J connectivity index is 1.89. The van der Waals surface area contributed by atoms with Gasteiger partial charge in [0.05, 0.1) is 11.7 Å². The van der Waals surface area contributed by atoms with Crippen molar-refractivity contribution in [2.45, 2.75) is 24.5 Å². The van der Waals surface area contributed by atoms with E-state index in [-0.39, 0.29) is 18.1 Å². The first-order valence-corrected chi connectivity index (χ1v) is 9.47. The highest BCUT2D eigenvalue weighted by Crippen LogP contribution is 2.19. The van der Waals surface area contributed by atoms with Gasteiger partial charge in [-0.3, -0.25) is 9.59 Å². The topological polar surface area (TPSA) is 83.6 Å². The predicted molar refractivity (Wildman–Crippen MR) is 87.6 cm³/mol. The van der Waals surface area contributed by atoms with E-state index in [1.807, 2.05) is 0 Å². The largest absolute Gasteiger partial charge is 0.358 e. The minimum Gasteiger partial charge on any atom is -0.358 e. The van der Waals surface area contributed by atoms with E-state index in [0.29, 0.717) is 25.9 Å². The molecular formula is C16H21FN2O4S. The van der Waals surface area contributed by atoms with Gasteiger partial charge < -0.3 is 10.2 Å². The number of nitrogens with zero attached hydrogens (tertiary/aromatic N) is 1. The Hall–Kier alpha value is -1.96. The van der Waals surface area contributed by atoms with Crippen molar-refractivity contribution in [3.63, 3.8) is 0 Å². The second kappa shape index (κ2) is 7.74. The van der Waals surface area contributed by atoms with Gasteiger partial charge >= 0.3 is 0 Å². The lowest BCUT2D eigenvalue weighted by Crippen LogP contribution is -2.44. The zero-order valence-corrected chi connectivity index (χ0v) is 14.3. The first kappa shape index (κ1) is 18.4. The monoisotopic (exact) mass is 356 g/mol. The second-order valence-electron chi connectivity index (χ2n) is 5.86. The smallest absolute Gasteiger partial charge is 0.234 e. The van der Waals surface area contributed by atoms with Gasteiger partial charge in [-0.25, -0.2) is 12.8 Å². The van der Waals surface area contributed by atoms with E-state index >= 15 is 0 Å². The van der Waals surface area contributed by atoms with Crippen molar-refractivity contribution in [1.82, 2.24) is 10.2 Å². The number of carbonyl (C=O) groups excluding carboxylic acids is 2. The average molecular weight is 356 g/mol. The van der Waals surface area contributed by atoms with Gasteiger partial charge in [-0.1, -0.05) is 12.1 Å². The van der Waals surface area contributed by atoms with Crippen LogP contribution in [0.15, 0.2) is 24.3 Å². The van der Waals surface area contributed by atoms with Crippen LogP contribution in [0.2, 0.25) is 0 Å². The lowest BCUT2D eigenvalue weighted by atomic mass is 10.1. The zero-order chi connectivity index (χ0) is 17.7. The quantitative estimate of drug-likeness (QED) is 0.834. The van der Waals surface area contributed by atoms with Crippen molar-refractivity contribution < 1.29 is 22.4 Å². The number of benzene rings is 1. The number of sulfone groups is 1. The summed E-state index contributed by atoms with van der Waals surface area (Å²) < 4.78 is 37.2. The molecule has 0 radical (unpaired) electrons. The molecule has 8 heteroatoms. The summed E-state index contributed by atoms with van der Waals surface area (Å²) in [5, 5.41) is 1.72. The van der Waals surface area contributed by atoms with E-state index in [2.05, 4.69) is 5.32 Å². The first-order chi connectivity index (χ1) is 11.3. The summed E-state index contributed by atoms with van der Waals surface area (Å²) in [5.41, 5.74) is 0.718. The molecule has 1 saturated heterocycles. The number of piperidine rings is 1. The molecule has 1 aromatic rings. The van der Waals surface area contributed by atoms with E-state index in [0.717, 1.165) is 5.56 Å². The highest BCUT2D eigenvalue weighted by atomic mass is 32.2. The van der Waals surface area contributed by atoms with E-state index in [9.17, 15) is 22.4 Å². The van der Waals surface area contributed by atoms with Crippen LogP contribution in [0.3, 0.4) is 0 Å². The van der Waals surface area contributed by atoms with Crippen LogP contribution >= 0.6 is 0 Å². The first-order valence-electron chi connectivity index (χ1n) is 7.76. The van der Waals surface area contributed by atoms with Crippen LogP contribution in [0.5, 0.6) is 0 Å². The Morgan fingerprint density at radius 3 is 2.33 bits per heavy atom. The molecule has 1 heterocycles. The Kier molecular flexibility index (Phi) is 5.93. The molecule has 0 spiro atoms. The maximum absolute atomic E-state index is 12.9. The molecule has 0 aromatic heterocycles. The number of likely N-dealkylation sites (tertiary alicyclic amines) is 1. The molecule has 1 fully saturated rings. The van der Waals surface area contributed by atoms with E-state index in [1.54, 1.807) is 17.0 Å². The van der Waals surface area contributed by atoms with Crippen molar-refractivity contribution >= 4 is 21.7 Å². The molecule has 1 aromatic carbocycles. The van der Waals surface area contributed by atoms with Gasteiger partial charge in [0.15, 0.2) is 9.84 Å². The van der Waals surface area contributed by atoms with Gasteiger partial charge in [-0.05, 0) is 30.5 Å². The lowest BCUT2D eigenvalue weighted by Gasteiger charge is -2.31. The summed E-state index contributed by atoms with van der Waals surface area (Å²) in [7, 11) is -2.10. The van der Waals surface area contributed by atoms with Crippen molar-refractivity contribution in [3.05, 3.63) is 35.6 Å². The van der Waals surface area contributed by atoms with Crippen LogP contribution in [0.1, 0.15) is 18.4 Å². The molecule has 0 bridgehead atoms. The van der Waals surface area contributed by atoms with Crippen LogP contribution < -0.4 is 5.32 Å². The molecule has 1 aliphatic heterocycles. The number of hydrogen-bond donors (Lipinski definition) is 1. The van der Waals surface area contributed by atoms with E-state index in [4.69, 9.17) is 0 Å². The normalized spacial score (nSPS) is 16.0. The maximum Gasteiger partial charge on any atom is 0.234 e. The number of nitrogens with one attached hydrogen (secondary N) is 1. The van der Waals surface area contributed by atoms with Crippen molar-refractivity contribution in [3.8, 4) is 0 Å². The summed E-state index contributed by atoms with van der Waals surface area (Å²) in [6.45, 7) is 0.690. The third-order valence-corrected chi connectivity index (χ3v) is 6.33. The number of rotatable bonds is 5. The Labute approximate surface area is 140 Å². The maximum atomic E-state index is 12.9. The van der Waals surface area contributed by atoms with Crippen molar-refractivity contribution in [2.75, 3.05) is 25.9 Å². The number of carbonyl (C=O) groups is 2. The number of amides is 2. The zero-order valence-electron chi connectivity index (χ0n) is 13.5. The molecule has 132 valence electrons. The van der Waals surface area contributed by atoms with Crippen molar-refractivity contribution in [2.24, 2.45) is 0 Å². The minimum absolute atomic E-state index is 0.108. The minimum atomic E-state index is -3.50. The number of hydrogen-bond acceptors (Lipinski definition) is 4. The fourth-order valence-corrected chi connectivity index (χ4v) is 4.40. The van der Waals surface area contributed by atoms with E-state index in [1.165, 1.54) is 19.2 Å². The fraction of sp³-hybridized carbons (Fsp3) is 0.500. The van der Waals surface area contributed by atoms with Crippen LogP contribution in [-0.4, -0.2) is 56.3 Å². The summed E-state index contributed by atoms with van der Waals surface area (Å²) in [5.74, 6) is -1.50. The van der Waals surface area contributed by atoms with Crippen LogP contribution in [0.25, 0.3) is 0 Å². The standard InChI is InChI=1S/C16H21FN2O4S/c1-18-15(20)11-24(22,23)14-6-8-19(9-7-14)16(21)10-12-2-4-13(17)5-3-12/h2-5,14H,6-11H2,1H3,(H,18,20). The molecule has 1 N–H and O–H groups in total. The van der Waals surface area contributed by atoms with Crippen LogP contribution in [-0.2, 0) is 25.8 Å². The Morgan fingerprint density at radius 1 is 1.21 bits per heavy atom. The third-order valence-electron chi connectivity index (χ3n) is 4.18. The SMILES string of the molecule is CNC(=O)CS(=O)(=O)C1CCN(C(=O)Cc2ccc(F)cc2)CC1. The molecule has 24 heavy (non-hydrogen) atoms. The summed E-state index contributed by atoms with van der Waals surface area (Å²) in [6, 6.07) is 5.74. The van der Waals surface area contributed by atoms with Crippen molar-refractivity contribution in [1.29, 1.82) is 0 Å². The molecule has 0 atom stereocenters.